The molecule has 1 unspecified atom stereocenters. The number of hydrogen-bond acceptors (Lipinski definition) is 9. The van der Waals surface area contributed by atoms with Crippen LogP contribution in [0.15, 0.2) is 47.3 Å². The average molecular weight is 632 g/mol. The average Bonchev–Trinajstić information content (AvgIpc) is 3.44. The number of carbonyl (C=O) groups excluding carboxylic acids is 2. The molecule has 46 heavy (non-hydrogen) atoms. The van der Waals surface area contributed by atoms with E-state index in [0.717, 1.165) is 29.5 Å². The Morgan fingerprint density at radius 1 is 0.848 bits per heavy atom. The Morgan fingerprint density at radius 3 is 2.28 bits per heavy atom. The van der Waals surface area contributed by atoms with Crippen LogP contribution in [0.1, 0.15) is 55.0 Å². The summed E-state index contributed by atoms with van der Waals surface area (Å²) in [6, 6.07) is 12.0. The van der Waals surface area contributed by atoms with Gasteiger partial charge in [0.1, 0.15) is 11.5 Å². The van der Waals surface area contributed by atoms with Gasteiger partial charge in [0.15, 0.2) is 11.5 Å². The highest BCUT2D eigenvalue weighted by atomic mass is 16.5. The van der Waals surface area contributed by atoms with E-state index in [2.05, 4.69) is 10.6 Å². The van der Waals surface area contributed by atoms with Gasteiger partial charge in [0.2, 0.25) is 23.0 Å². The van der Waals surface area contributed by atoms with Gasteiger partial charge < -0.3 is 39.2 Å². The van der Waals surface area contributed by atoms with Crippen LogP contribution in [0.2, 0.25) is 0 Å². The van der Waals surface area contributed by atoms with Gasteiger partial charge in [-0.05, 0) is 72.7 Å². The molecule has 244 valence electrons. The standard InChI is InChI=1S/C35H41N3O8/c1-20(39)37-26-13-9-21-16-31(44-4)34(45-5)35(46-6)33(21)23-12-14-27(29(40)18-25(23)26)36-19-32(41)38-15-7-8-28(38)24-11-10-22(42-2)17-30(24)43-3/h10-12,14,16-18,26,28H,7-9,13,15,19H2,1-6H3,(H,36,40)(H,37,39)/t26-,28?/m0/s1. The molecule has 0 saturated carbocycles. The zero-order valence-electron chi connectivity index (χ0n) is 27.2. The highest BCUT2D eigenvalue weighted by molar-refractivity contribution is 5.85. The predicted octanol–water partition coefficient (Wildman–Crippen LogP) is 4.66. The van der Waals surface area contributed by atoms with Crippen LogP contribution in [0.4, 0.5) is 5.69 Å². The molecule has 2 atom stereocenters. The van der Waals surface area contributed by atoms with E-state index >= 15 is 0 Å². The lowest BCUT2D eigenvalue weighted by Gasteiger charge is -2.26. The number of methoxy groups -OCH3 is 5. The predicted molar refractivity (Wildman–Crippen MR) is 174 cm³/mol. The van der Waals surface area contributed by atoms with E-state index in [1.54, 1.807) is 41.6 Å². The van der Waals surface area contributed by atoms with Gasteiger partial charge in [-0.1, -0.05) is 6.07 Å². The molecule has 0 radical (unpaired) electrons. The lowest BCUT2D eigenvalue weighted by atomic mass is 9.95. The molecule has 0 spiro atoms. The Bertz CT molecular complexity index is 1690. The van der Waals surface area contributed by atoms with Crippen molar-refractivity contribution >= 4 is 17.5 Å². The number of fused-ring (bicyclic) bond motifs is 3. The van der Waals surface area contributed by atoms with E-state index < -0.39 is 6.04 Å². The lowest BCUT2D eigenvalue weighted by Crippen LogP contribution is -2.35. The largest absolute Gasteiger partial charge is 0.497 e. The maximum Gasteiger partial charge on any atom is 0.242 e. The van der Waals surface area contributed by atoms with Crippen molar-refractivity contribution in [3.8, 4) is 39.9 Å². The first-order chi connectivity index (χ1) is 22.2. The number of nitrogens with one attached hydrogen (secondary N) is 2. The molecule has 11 heteroatoms. The first-order valence-corrected chi connectivity index (χ1v) is 15.3. The second kappa shape index (κ2) is 14.0. The van der Waals surface area contributed by atoms with E-state index in [1.807, 2.05) is 35.2 Å². The quantitative estimate of drug-likeness (QED) is 0.329. The van der Waals surface area contributed by atoms with E-state index in [9.17, 15) is 14.4 Å². The molecule has 1 aliphatic heterocycles. The van der Waals surface area contributed by atoms with Crippen molar-refractivity contribution in [1.29, 1.82) is 0 Å². The SMILES string of the molecule is COc1ccc(C2CCCN2C(=O)CNc2ccc3c(cc2=O)[C@@H](NC(C)=O)CCc2cc(OC)c(OC)c(OC)c2-3)c(OC)c1. The number of rotatable bonds is 10. The summed E-state index contributed by atoms with van der Waals surface area (Å²) in [7, 11) is 7.86. The Labute approximate surface area is 268 Å². The Hall–Kier alpha value is -4.93. The van der Waals surface area contributed by atoms with Crippen LogP contribution in [0.3, 0.4) is 0 Å². The Kier molecular flexibility index (Phi) is 9.89. The van der Waals surface area contributed by atoms with Gasteiger partial charge in [0.05, 0.1) is 59.9 Å². The fourth-order valence-electron chi connectivity index (χ4n) is 6.61. The van der Waals surface area contributed by atoms with Crippen molar-refractivity contribution in [3.05, 3.63) is 69.4 Å². The zero-order chi connectivity index (χ0) is 33.0. The van der Waals surface area contributed by atoms with Crippen LogP contribution in [0, 0.1) is 0 Å². The molecule has 1 saturated heterocycles. The molecule has 1 fully saturated rings. The fraction of sp³-hybridized carbons (Fsp3) is 0.400. The summed E-state index contributed by atoms with van der Waals surface area (Å²) in [6.45, 7) is 1.98. The van der Waals surface area contributed by atoms with Crippen LogP contribution in [0.5, 0.6) is 28.7 Å². The first-order valence-electron chi connectivity index (χ1n) is 15.3. The summed E-state index contributed by atoms with van der Waals surface area (Å²) in [4.78, 5) is 41.3. The maximum absolute atomic E-state index is 13.7. The van der Waals surface area contributed by atoms with Crippen LogP contribution >= 0.6 is 0 Å². The van der Waals surface area contributed by atoms with E-state index in [4.69, 9.17) is 23.7 Å². The van der Waals surface area contributed by atoms with Gasteiger partial charge in [-0.15, -0.1) is 0 Å². The fourth-order valence-corrected chi connectivity index (χ4v) is 6.61. The van der Waals surface area contributed by atoms with E-state index in [0.29, 0.717) is 59.3 Å². The molecule has 2 aliphatic rings. The molecule has 11 nitrogen and oxygen atoms in total. The third kappa shape index (κ3) is 6.27. The third-order valence-corrected chi connectivity index (χ3v) is 8.72. The highest BCUT2D eigenvalue weighted by Gasteiger charge is 2.33. The number of hydrogen-bond donors (Lipinski definition) is 2. The van der Waals surface area contributed by atoms with Crippen LogP contribution in [0.25, 0.3) is 11.1 Å². The summed E-state index contributed by atoms with van der Waals surface area (Å²) in [5.41, 5.74) is 3.93. The van der Waals surface area contributed by atoms with Crippen molar-refractivity contribution in [3.63, 3.8) is 0 Å². The monoisotopic (exact) mass is 631 g/mol. The van der Waals surface area contributed by atoms with E-state index in [-0.39, 0.29) is 35.5 Å². The second-order valence-electron chi connectivity index (χ2n) is 11.3. The third-order valence-electron chi connectivity index (χ3n) is 8.72. The number of likely N-dealkylation sites (tertiary alicyclic amines) is 1. The van der Waals surface area contributed by atoms with Gasteiger partial charge in [0, 0.05) is 30.7 Å². The number of nitrogens with zero attached hydrogens (tertiary/aromatic N) is 1. The van der Waals surface area contributed by atoms with Gasteiger partial charge in [0.25, 0.3) is 0 Å². The van der Waals surface area contributed by atoms with Crippen molar-refractivity contribution in [1.82, 2.24) is 10.2 Å². The number of ether oxygens (including phenoxy) is 5. The lowest BCUT2D eigenvalue weighted by molar-refractivity contribution is -0.130. The van der Waals surface area contributed by atoms with Gasteiger partial charge in [-0.3, -0.25) is 14.4 Å². The summed E-state index contributed by atoms with van der Waals surface area (Å²) in [5, 5.41) is 6.11. The molecule has 0 aromatic heterocycles. The second-order valence-corrected chi connectivity index (χ2v) is 11.3. The van der Waals surface area contributed by atoms with Crippen molar-refractivity contribution in [2.75, 3.05) is 54.0 Å². The zero-order valence-corrected chi connectivity index (χ0v) is 27.2. The summed E-state index contributed by atoms with van der Waals surface area (Å²) < 4.78 is 28.1. The molecule has 1 aliphatic carbocycles. The smallest absolute Gasteiger partial charge is 0.242 e. The number of amides is 2. The van der Waals surface area contributed by atoms with Crippen molar-refractivity contribution in [2.45, 2.75) is 44.7 Å². The number of anilines is 1. The normalized spacial score (nSPS) is 16.8. The summed E-state index contributed by atoms with van der Waals surface area (Å²) in [5.74, 6) is 2.42. The van der Waals surface area contributed by atoms with Crippen molar-refractivity contribution < 1.29 is 33.3 Å². The molecule has 2 N–H and O–H groups in total. The van der Waals surface area contributed by atoms with Gasteiger partial charge >= 0.3 is 0 Å². The number of benzene rings is 2. The number of carbonyl (C=O) groups is 2. The minimum atomic E-state index is -0.430. The maximum atomic E-state index is 13.7. The highest BCUT2D eigenvalue weighted by Crippen LogP contribution is 2.50. The molecule has 2 amide bonds. The Morgan fingerprint density at radius 2 is 1.61 bits per heavy atom. The van der Waals surface area contributed by atoms with Crippen molar-refractivity contribution in [2.24, 2.45) is 0 Å². The molecule has 3 aromatic carbocycles. The Balaban J connectivity index is 1.50. The molecule has 3 aromatic rings. The van der Waals surface area contributed by atoms with Crippen LogP contribution in [-0.2, 0) is 16.0 Å². The van der Waals surface area contributed by atoms with E-state index in [1.165, 1.54) is 13.0 Å². The molecule has 0 bridgehead atoms. The topological polar surface area (TPSA) is 125 Å². The minimum Gasteiger partial charge on any atom is -0.497 e. The van der Waals surface area contributed by atoms with Gasteiger partial charge in [-0.25, -0.2) is 0 Å². The molecular formula is C35H41N3O8. The number of aryl methyl sites for hydroxylation is 1. The molecule has 1 heterocycles. The first kappa shape index (κ1) is 32.5. The molecular weight excluding hydrogens is 590 g/mol. The molecule has 5 rings (SSSR count). The summed E-state index contributed by atoms with van der Waals surface area (Å²) in [6.07, 6.45) is 2.80. The summed E-state index contributed by atoms with van der Waals surface area (Å²) >= 11 is 0. The van der Waals surface area contributed by atoms with Gasteiger partial charge in [-0.2, -0.15) is 0 Å². The minimum absolute atomic E-state index is 0.0705. The van der Waals surface area contributed by atoms with Crippen LogP contribution < -0.4 is 39.7 Å². The van der Waals surface area contributed by atoms with Crippen LogP contribution in [-0.4, -0.2) is 65.4 Å².